The number of aromatic hydroxyl groups is 2. The van der Waals surface area contributed by atoms with Gasteiger partial charge in [-0.1, -0.05) is 48.0 Å². The Kier molecular flexibility index (Phi) is 5.04. The molecular weight excluding hydrogens is 438 g/mol. The van der Waals surface area contributed by atoms with Crippen molar-refractivity contribution < 1.29 is 15.0 Å². The molecule has 0 spiro atoms. The van der Waals surface area contributed by atoms with Crippen LogP contribution in [0.15, 0.2) is 66.0 Å². The number of ketones is 1. The summed E-state index contributed by atoms with van der Waals surface area (Å²) in [4.78, 5) is 18.4. The van der Waals surface area contributed by atoms with Crippen LogP contribution < -0.4 is 0 Å². The van der Waals surface area contributed by atoms with Crippen molar-refractivity contribution >= 4 is 38.5 Å². The Labute approximate surface area is 193 Å². The van der Waals surface area contributed by atoms with Crippen molar-refractivity contribution in [1.29, 1.82) is 0 Å². The van der Waals surface area contributed by atoms with E-state index >= 15 is 0 Å². The molecule has 4 nitrogen and oxygen atoms in total. The van der Waals surface area contributed by atoms with Gasteiger partial charge < -0.3 is 10.2 Å². The number of rotatable bonds is 4. The molecule has 5 aromatic rings. The topological polar surface area (TPSA) is 70.4 Å². The van der Waals surface area contributed by atoms with Crippen LogP contribution in [0, 0.1) is 13.8 Å². The first-order valence-electron chi connectivity index (χ1n) is 10.0. The van der Waals surface area contributed by atoms with E-state index in [1.54, 1.807) is 17.5 Å². The lowest BCUT2D eigenvalue weighted by atomic mass is 9.95. The Hall–Kier alpha value is -3.48. The van der Waals surface area contributed by atoms with Crippen molar-refractivity contribution in [2.24, 2.45) is 0 Å². The van der Waals surface area contributed by atoms with Gasteiger partial charge in [0.05, 0.1) is 10.3 Å². The molecule has 0 aliphatic heterocycles. The number of phenolic OH excluding ortho intramolecular Hbond substituents is 1. The molecule has 158 valence electrons. The minimum atomic E-state index is -0.0212. The molecular formula is C26H19NO3S2. The summed E-state index contributed by atoms with van der Waals surface area (Å²) in [5.74, 6) is 0.168. The Balaban J connectivity index is 1.67. The Morgan fingerprint density at radius 2 is 1.66 bits per heavy atom. The molecule has 0 atom stereocenters. The molecule has 6 heteroatoms. The maximum Gasteiger partial charge on any atom is 0.222 e. The SMILES string of the molecule is Cc1ccc(C(=O)c2sc3cc(O)ccc3c2-c2ccc(-c3nc(O)cs3)cc2)c(C)c1. The third-order valence-corrected chi connectivity index (χ3v) is 7.45. The molecule has 0 unspecified atom stereocenters. The second-order valence-electron chi connectivity index (χ2n) is 7.72. The molecule has 0 amide bonds. The highest BCUT2D eigenvalue weighted by Crippen LogP contribution is 2.42. The first kappa shape index (κ1) is 20.4. The van der Waals surface area contributed by atoms with Gasteiger partial charge in [-0.05, 0) is 43.2 Å². The van der Waals surface area contributed by atoms with Crippen molar-refractivity contribution in [2.75, 3.05) is 0 Å². The fraction of sp³-hybridized carbons (Fsp3) is 0.0769. The fourth-order valence-electron chi connectivity index (χ4n) is 3.90. The highest BCUT2D eigenvalue weighted by molar-refractivity contribution is 7.21. The number of aryl methyl sites for hydroxylation is 2. The molecule has 0 fully saturated rings. The Morgan fingerprint density at radius 3 is 2.34 bits per heavy atom. The van der Waals surface area contributed by atoms with Crippen molar-refractivity contribution in [2.45, 2.75) is 13.8 Å². The molecule has 0 radical (unpaired) electrons. The number of benzene rings is 3. The van der Waals surface area contributed by atoms with E-state index in [1.807, 2.05) is 62.4 Å². The van der Waals surface area contributed by atoms with Gasteiger partial charge in [0.2, 0.25) is 11.7 Å². The van der Waals surface area contributed by atoms with E-state index in [4.69, 9.17) is 0 Å². The summed E-state index contributed by atoms with van der Waals surface area (Å²) in [7, 11) is 0. The summed E-state index contributed by atoms with van der Waals surface area (Å²) in [6.07, 6.45) is 0. The van der Waals surface area contributed by atoms with Gasteiger partial charge in [0.15, 0.2) is 0 Å². The van der Waals surface area contributed by atoms with Gasteiger partial charge in [-0.3, -0.25) is 4.79 Å². The van der Waals surface area contributed by atoms with Crippen LogP contribution in [0.5, 0.6) is 11.6 Å². The normalized spacial score (nSPS) is 11.2. The van der Waals surface area contributed by atoms with Crippen molar-refractivity contribution in [3.63, 3.8) is 0 Å². The molecule has 2 N–H and O–H groups in total. The lowest BCUT2D eigenvalue weighted by Crippen LogP contribution is -2.03. The molecule has 32 heavy (non-hydrogen) atoms. The molecule has 0 saturated carbocycles. The van der Waals surface area contributed by atoms with Gasteiger partial charge >= 0.3 is 0 Å². The predicted molar refractivity (Wildman–Crippen MR) is 131 cm³/mol. The number of thiazole rings is 1. The number of phenols is 1. The number of aromatic nitrogens is 1. The highest BCUT2D eigenvalue weighted by atomic mass is 32.1. The van der Waals surface area contributed by atoms with Crippen LogP contribution in [0.3, 0.4) is 0 Å². The van der Waals surface area contributed by atoms with E-state index in [0.29, 0.717) is 10.4 Å². The maximum atomic E-state index is 13.6. The zero-order valence-corrected chi connectivity index (χ0v) is 19.1. The summed E-state index contributed by atoms with van der Waals surface area (Å²) >= 11 is 2.78. The Bertz CT molecular complexity index is 1480. The van der Waals surface area contributed by atoms with Crippen molar-refractivity contribution in [1.82, 2.24) is 4.98 Å². The van der Waals surface area contributed by atoms with Gasteiger partial charge in [-0.2, -0.15) is 0 Å². The first-order valence-corrected chi connectivity index (χ1v) is 11.7. The van der Waals surface area contributed by atoms with Gasteiger partial charge in [-0.15, -0.1) is 22.7 Å². The van der Waals surface area contributed by atoms with E-state index in [2.05, 4.69) is 4.98 Å². The Morgan fingerprint density at radius 1 is 0.906 bits per heavy atom. The van der Waals surface area contributed by atoms with Crippen LogP contribution in [0.2, 0.25) is 0 Å². The van der Waals surface area contributed by atoms with Crippen LogP contribution >= 0.6 is 22.7 Å². The largest absolute Gasteiger partial charge is 0.508 e. The van der Waals surface area contributed by atoms with E-state index in [9.17, 15) is 15.0 Å². The standard InChI is InChI=1S/C26H19NO3S2/c1-14-3-9-19(15(2)11-14)24(30)25-23(20-10-8-18(28)12-21(20)32-25)16-4-6-17(7-5-16)26-27-22(29)13-31-26/h3-13,28-29H,1-2H3. The van der Waals surface area contributed by atoms with E-state index < -0.39 is 0 Å². The fourth-order valence-corrected chi connectivity index (χ4v) is 5.80. The summed E-state index contributed by atoms with van der Waals surface area (Å²) in [5.41, 5.74) is 5.42. The average molecular weight is 458 g/mol. The lowest BCUT2D eigenvalue weighted by Gasteiger charge is -2.09. The molecule has 0 aliphatic carbocycles. The lowest BCUT2D eigenvalue weighted by molar-refractivity contribution is 0.104. The van der Waals surface area contributed by atoms with E-state index in [-0.39, 0.29) is 17.4 Å². The zero-order chi connectivity index (χ0) is 22.4. The smallest absolute Gasteiger partial charge is 0.222 e. The summed E-state index contributed by atoms with van der Waals surface area (Å²) in [6, 6.07) is 18.9. The number of hydrogen-bond acceptors (Lipinski definition) is 6. The predicted octanol–water partition coefficient (Wildman–Crippen LogP) is 6.95. The second kappa shape index (κ2) is 7.89. The second-order valence-corrected chi connectivity index (χ2v) is 9.63. The molecule has 0 bridgehead atoms. The molecule has 0 aliphatic rings. The minimum Gasteiger partial charge on any atom is -0.508 e. The quantitative estimate of drug-likeness (QED) is 0.287. The number of carbonyl (C=O) groups is 1. The average Bonchev–Trinajstić information content (AvgIpc) is 3.37. The molecule has 3 aromatic carbocycles. The number of nitrogens with zero attached hydrogens (tertiary/aromatic N) is 1. The number of hydrogen-bond donors (Lipinski definition) is 2. The minimum absolute atomic E-state index is 0.0130. The molecule has 5 rings (SSSR count). The van der Waals surface area contributed by atoms with E-state index in [0.717, 1.165) is 42.9 Å². The monoisotopic (exact) mass is 457 g/mol. The van der Waals surface area contributed by atoms with Gasteiger partial charge in [-0.25, -0.2) is 4.98 Å². The van der Waals surface area contributed by atoms with Crippen LogP contribution in [-0.2, 0) is 0 Å². The van der Waals surface area contributed by atoms with Gasteiger partial charge in [0, 0.05) is 26.8 Å². The van der Waals surface area contributed by atoms with Crippen LogP contribution in [0.4, 0.5) is 0 Å². The third kappa shape index (κ3) is 3.57. The van der Waals surface area contributed by atoms with E-state index in [1.165, 1.54) is 22.7 Å². The number of carbonyl (C=O) groups excluding carboxylic acids is 1. The molecule has 0 saturated heterocycles. The summed E-state index contributed by atoms with van der Waals surface area (Å²) in [5, 5.41) is 22.8. The highest BCUT2D eigenvalue weighted by Gasteiger charge is 2.22. The van der Waals surface area contributed by atoms with Crippen LogP contribution in [-0.4, -0.2) is 21.0 Å². The third-order valence-electron chi connectivity index (χ3n) is 5.42. The van der Waals surface area contributed by atoms with Crippen LogP contribution in [0.1, 0.15) is 26.4 Å². The first-order chi connectivity index (χ1) is 15.4. The van der Waals surface area contributed by atoms with Crippen molar-refractivity contribution in [3.8, 4) is 33.3 Å². The van der Waals surface area contributed by atoms with Gasteiger partial charge in [0.25, 0.3) is 0 Å². The van der Waals surface area contributed by atoms with Crippen LogP contribution in [0.25, 0.3) is 31.8 Å². The maximum absolute atomic E-state index is 13.6. The molecule has 2 heterocycles. The van der Waals surface area contributed by atoms with Gasteiger partial charge in [0.1, 0.15) is 10.8 Å². The number of thiophene rings is 1. The summed E-state index contributed by atoms with van der Waals surface area (Å²) in [6.45, 7) is 3.97. The zero-order valence-electron chi connectivity index (χ0n) is 17.4. The van der Waals surface area contributed by atoms with Crippen molar-refractivity contribution in [3.05, 3.63) is 87.6 Å². The molecule has 2 aromatic heterocycles. The number of fused-ring (bicyclic) bond motifs is 1. The summed E-state index contributed by atoms with van der Waals surface area (Å²) < 4.78 is 0.863.